The molecule has 4 nitrogen and oxygen atoms in total. The molecule has 0 bridgehead atoms. The average Bonchev–Trinajstić information content (AvgIpc) is 2.93. The van der Waals surface area contributed by atoms with Crippen molar-refractivity contribution in [2.24, 2.45) is 0 Å². The lowest BCUT2D eigenvalue weighted by Gasteiger charge is -2.03. The Morgan fingerprint density at radius 3 is 2.82 bits per heavy atom. The van der Waals surface area contributed by atoms with Gasteiger partial charge in [0.1, 0.15) is 5.82 Å². The molecule has 2 rings (SSSR count). The van der Waals surface area contributed by atoms with Gasteiger partial charge in [0.25, 0.3) is 0 Å². The molecule has 2 aromatic rings. The summed E-state index contributed by atoms with van der Waals surface area (Å²) < 4.78 is 14.7. The number of aromatic nitrogens is 2. The molecule has 1 amide bonds. The molecular weight excluding hydrogens is 341 g/mol. The van der Waals surface area contributed by atoms with Gasteiger partial charge in [-0.3, -0.25) is 4.79 Å². The second-order valence-corrected chi connectivity index (χ2v) is 7.93. The van der Waals surface area contributed by atoms with Crippen molar-refractivity contribution in [3.63, 3.8) is 0 Å². The molecule has 1 aromatic heterocycles. The van der Waals surface area contributed by atoms with Gasteiger partial charge in [-0.15, -0.1) is 10.2 Å². The number of nitrogens with zero attached hydrogens (tertiary/aromatic N) is 2. The van der Waals surface area contributed by atoms with Crippen molar-refractivity contribution in [2.45, 2.75) is 28.4 Å². The van der Waals surface area contributed by atoms with Gasteiger partial charge in [0.15, 0.2) is 8.68 Å². The molecule has 1 N–H and O–H groups in total. The van der Waals surface area contributed by atoms with Crippen molar-refractivity contribution in [2.75, 3.05) is 16.8 Å². The monoisotopic (exact) mass is 357 g/mol. The number of rotatable bonds is 8. The van der Waals surface area contributed by atoms with E-state index in [0.717, 1.165) is 27.3 Å². The van der Waals surface area contributed by atoms with Crippen LogP contribution in [0, 0.1) is 5.82 Å². The number of benzene rings is 1. The molecule has 1 aromatic carbocycles. The Balaban J connectivity index is 1.76. The number of carbonyl (C=O) groups excluding carboxylic acids is 1. The van der Waals surface area contributed by atoms with E-state index in [1.807, 2.05) is 0 Å². The first-order valence-corrected chi connectivity index (χ1v) is 9.60. The van der Waals surface area contributed by atoms with E-state index >= 15 is 0 Å². The molecule has 118 valence electrons. The topological polar surface area (TPSA) is 54.9 Å². The summed E-state index contributed by atoms with van der Waals surface area (Å²) >= 11 is 4.53. The molecule has 1 heterocycles. The Bertz CT molecular complexity index is 621. The first-order valence-electron chi connectivity index (χ1n) is 6.82. The summed E-state index contributed by atoms with van der Waals surface area (Å²) in [5.74, 6) is 0.704. The van der Waals surface area contributed by atoms with Crippen LogP contribution in [-0.2, 0) is 4.79 Å². The number of hydrogen-bond donors (Lipinski definition) is 1. The number of hydrogen-bond acceptors (Lipinski definition) is 6. The van der Waals surface area contributed by atoms with Crippen molar-refractivity contribution in [1.29, 1.82) is 0 Å². The first-order chi connectivity index (χ1) is 10.7. The number of halogens is 1. The van der Waals surface area contributed by atoms with E-state index in [4.69, 9.17) is 0 Å². The minimum Gasteiger partial charge on any atom is -0.325 e. The maximum absolute atomic E-state index is 13.0. The molecule has 22 heavy (non-hydrogen) atoms. The molecule has 8 heteroatoms. The van der Waals surface area contributed by atoms with Gasteiger partial charge in [0.05, 0.1) is 5.75 Å². The Morgan fingerprint density at radius 1 is 1.32 bits per heavy atom. The third-order valence-corrected chi connectivity index (χ3v) is 5.82. The van der Waals surface area contributed by atoms with Crippen LogP contribution < -0.4 is 5.32 Å². The van der Waals surface area contributed by atoms with Crippen molar-refractivity contribution in [1.82, 2.24) is 10.2 Å². The lowest BCUT2D eigenvalue weighted by molar-refractivity contribution is -0.113. The predicted molar refractivity (Wildman–Crippen MR) is 91.3 cm³/mol. The highest BCUT2D eigenvalue weighted by Gasteiger charge is 2.09. The standard InChI is InChI=1S/C14H16FN3OS3/c1-2-3-7-20-13-17-18-14(22-13)21-9-12(19)16-11-6-4-5-10(15)8-11/h4-6,8H,2-3,7,9H2,1H3,(H,16,19). The minimum atomic E-state index is -0.372. The number of unbranched alkanes of at least 4 members (excludes halogenated alkanes) is 1. The van der Waals surface area contributed by atoms with Gasteiger partial charge >= 0.3 is 0 Å². The summed E-state index contributed by atoms with van der Waals surface area (Å²) in [6, 6.07) is 5.83. The van der Waals surface area contributed by atoms with Gasteiger partial charge in [-0.05, 0) is 24.6 Å². The SMILES string of the molecule is CCCCSc1nnc(SCC(=O)Nc2cccc(F)c2)s1. The summed E-state index contributed by atoms with van der Waals surface area (Å²) in [5, 5.41) is 10.8. The zero-order valence-electron chi connectivity index (χ0n) is 12.0. The lowest BCUT2D eigenvalue weighted by Crippen LogP contribution is -2.13. The third-order valence-electron chi connectivity index (χ3n) is 2.55. The number of thioether (sulfide) groups is 2. The molecule has 0 fully saturated rings. The molecule has 0 aliphatic carbocycles. The molecule has 0 spiro atoms. The summed E-state index contributed by atoms with van der Waals surface area (Å²) in [6.45, 7) is 2.15. The van der Waals surface area contributed by atoms with Gasteiger partial charge in [-0.2, -0.15) is 0 Å². The average molecular weight is 358 g/mol. The van der Waals surface area contributed by atoms with Gasteiger partial charge in [0.2, 0.25) is 5.91 Å². The largest absolute Gasteiger partial charge is 0.325 e. The summed E-state index contributed by atoms with van der Waals surface area (Å²) in [6.07, 6.45) is 2.32. The Hall–Kier alpha value is -1.12. The number of amides is 1. The van der Waals surface area contributed by atoms with E-state index in [0.29, 0.717) is 5.69 Å². The molecule has 0 unspecified atom stereocenters. The van der Waals surface area contributed by atoms with Crippen LogP contribution >= 0.6 is 34.9 Å². The highest BCUT2D eigenvalue weighted by molar-refractivity contribution is 8.03. The fourth-order valence-corrected chi connectivity index (χ4v) is 4.48. The highest BCUT2D eigenvalue weighted by atomic mass is 32.2. The predicted octanol–water partition coefficient (Wildman–Crippen LogP) is 4.30. The van der Waals surface area contributed by atoms with E-state index < -0.39 is 0 Å². The maximum atomic E-state index is 13.0. The van der Waals surface area contributed by atoms with Crippen molar-refractivity contribution in [3.8, 4) is 0 Å². The van der Waals surface area contributed by atoms with Gasteiger partial charge in [-0.1, -0.05) is 54.3 Å². The highest BCUT2D eigenvalue weighted by Crippen LogP contribution is 2.29. The molecule has 0 atom stereocenters. The Labute approximate surface area is 141 Å². The Kier molecular flexibility index (Phi) is 7.14. The second-order valence-electron chi connectivity index (χ2n) is 4.38. The van der Waals surface area contributed by atoms with Gasteiger partial charge in [-0.25, -0.2) is 4.39 Å². The van der Waals surface area contributed by atoms with Crippen molar-refractivity contribution in [3.05, 3.63) is 30.1 Å². The van der Waals surface area contributed by atoms with Gasteiger partial charge < -0.3 is 5.32 Å². The second kappa shape index (κ2) is 9.12. The lowest BCUT2D eigenvalue weighted by atomic mass is 10.3. The van der Waals surface area contributed by atoms with E-state index in [2.05, 4.69) is 22.4 Å². The number of nitrogens with one attached hydrogen (secondary N) is 1. The van der Waals surface area contributed by atoms with Crippen LogP contribution in [0.2, 0.25) is 0 Å². The van der Waals surface area contributed by atoms with Gasteiger partial charge in [0, 0.05) is 11.4 Å². The van der Waals surface area contributed by atoms with Crippen molar-refractivity contribution >= 4 is 46.5 Å². The minimum absolute atomic E-state index is 0.189. The van der Waals surface area contributed by atoms with E-state index in [9.17, 15) is 9.18 Å². The summed E-state index contributed by atoms with van der Waals surface area (Å²) in [5.41, 5.74) is 0.457. The van der Waals surface area contributed by atoms with E-state index in [1.165, 1.54) is 35.2 Å². The smallest absolute Gasteiger partial charge is 0.234 e. The quantitative estimate of drug-likeness (QED) is 0.564. The maximum Gasteiger partial charge on any atom is 0.234 e. The van der Waals surface area contributed by atoms with Crippen LogP contribution in [0.4, 0.5) is 10.1 Å². The van der Waals surface area contributed by atoms with Crippen molar-refractivity contribution < 1.29 is 9.18 Å². The first kappa shape index (κ1) is 17.2. The summed E-state index contributed by atoms with van der Waals surface area (Å²) in [7, 11) is 0. The molecule has 0 radical (unpaired) electrons. The fraction of sp³-hybridized carbons (Fsp3) is 0.357. The zero-order chi connectivity index (χ0) is 15.8. The van der Waals surface area contributed by atoms with E-state index in [1.54, 1.807) is 23.9 Å². The van der Waals surface area contributed by atoms with Crippen LogP contribution in [0.5, 0.6) is 0 Å². The van der Waals surface area contributed by atoms with Crippen LogP contribution in [-0.4, -0.2) is 27.6 Å². The zero-order valence-corrected chi connectivity index (χ0v) is 14.5. The third kappa shape index (κ3) is 5.94. The van der Waals surface area contributed by atoms with Crippen LogP contribution in [0.15, 0.2) is 32.9 Å². The van der Waals surface area contributed by atoms with Crippen LogP contribution in [0.3, 0.4) is 0 Å². The molecule has 0 saturated heterocycles. The molecule has 0 saturated carbocycles. The van der Waals surface area contributed by atoms with E-state index in [-0.39, 0.29) is 17.5 Å². The molecule has 0 aliphatic heterocycles. The Morgan fingerprint density at radius 2 is 2.09 bits per heavy atom. The normalized spacial score (nSPS) is 10.6. The number of carbonyl (C=O) groups is 1. The molecule has 0 aliphatic rings. The van der Waals surface area contributed by atoms with Crippen LogP contribution in [0.25, 0.3) is 0 Å². The fourth-order valence-electron chi connectivity index (χ4n) is 1.51. The summed E-state index contributed by atoms with van der Waals surface area (Å²) in [4.78, 5) is 11.8. The number of anilines is 1. The van der Waals surface area contributed by atoms with Crippen LogP contribution in [0.1, 0.15) is 19.8 Å². The molecular formula is C14H16FN3OS3.